The van der Waals surface area contributed by atoms with E-state index in [1.165, 1.54) is 16.9 Å². The number of benzene rings is 3. The van der Waals surface area contributed by atoms with Gasteiger partial charge in [0.25, 0.3) is 5.91 Å². The molecular formula is C27H20ClN3O4S. The summed E-state index contributed by atoms with van der Waals surface area (Å²) in [6, 6.07) is 23.1. The third-order valence-electron chi connectivity index (χ3n) is 5.47. The van der Waals surface area contributed by atoms with Crippen LogP contribution in [0.4, 0.5) is 5.69 Å². The zero-order valence-electron chi connectivity index (χ0n) is 19.2. The van der Waals surface area contributed by atoms with Gasteiger partial charge in [-0.15, -0.1) is 0 Å². The Hall–Kier alpha value is -4.19. The highest BCUT2D eigenvalue weighted by Crippen LogP contribution is 2.32. The molecule has 3 aromatic carbocycles. The molecule has 0 unspecified atom stereocenters. The summed E-state index contributed by atoms with van der Waals surface area (Å²) >= 11 is 11.6. The molecule has 7 nitrogen and oxygen atoms in total. The van der Waals surface area contributed by atoms with Crippen LogP contribution in [0.2, 0.25) is 5.02 Å². The number of methoxy groups -OCH3 is 1. The largest absolute Gasteiger partial charge is 0.488 e. The minimum Gasteiger partial charge on any atom is -0.488 e. The molecule has 36 heavy (non-hydrogen) atoms. The van der Waals surface area contributed by atoms with Gasteiger partial charge in [-0.05, 0) is 54.7 Å². The highest BCUT2D eigenvalue weighted by molar-refractivity contribution is 7.80. The first-order valence-corrected chi connectivity index (χ1v) is 11.6. The lowest BCUT2D eigenvalue weighted by Crippen LogP contribution is -2.35. The van der Waals surface area contributed by atoms with E-state index in [9.17, 15) is 14.9 Å². The molecule has 0 aliphatic carbocycles. The molecule has 1 aliphatic heterocycles. The highest BCUT2D eigenvalue weighted by Gasteiger charge is 2.40. The van der Waals surface area contributed by atoms with E-state index in [4.69, 9.17) is 33.3 Å². The van der Waals surface area contributed by atoms with Gasteiger partial charge in [-0.2, -0.15) is 5.26 Å². The van der Waals surface area contributed by atoms with Crippen LogP contribution in [0.1, 0.15) is 16.7 Å². The predicted molar refractivity (Wildman–Crippen MR) is 140 cm³/mol. The first-order valence-electron chi connectivity index (χ1n) is 10.8. The molecule has 0 atom stereocenters. The maximum Gasteiger partial charge on any atom is 0.325 e. The van der Waals surface area contributed by atoms with Gasteiger partial charge in [0.05, 0.1) is 24.4 Å². The SMILES string of the molecule is COC(=O)CN1C(=S)N(c2ccc(Cl)cc2)C(=O)/C1=C/c1ccccc1OCc1ccccc1C#N. The van der Waals surface area contributed by atoms with Crippen LogP contribution in [-0.4, -0.2) is 35.5 Å². The molecule has 0 spiro atoms. The molecule has 0 aromatic heterocycles. The van der Waals surface area contributed by atoms with E-state index in [-0.39, 0.29) is 24.0 Å². The Morgan fingerprint density at radius 2 is 1.78 bits per heavy atom. The maximum atomic E-state index is 13.5. The summed E-state index contributed by atoms with van der Waals surface area (Å²) in [6.07, 6.45) is 1.62. The van der Waals surface area contributed by atoms with Crippen LogP contribution in [-0.2, 0) is 20.9 Å². The van der Waals surface area contributed by atoms with E-state index < -0.39 is 11.9 Å². The lowest BCUT2D eigenvalue weighted by molar-refractivity contribution is -0.140. The first kappa shape index (κ1) is 24.9. The number of nitriles is 1. The van der Waals surface area contributed by atoms with Crippen LogP contribution in [0, 0.1) is 11.3 Å². The fourth-order valence-electron chi connectivity index (χ4n) is 3.63. The van der Waals surface area contributed by atoms with Crippen molar-refractivity contribution in [2.45, 2.75) is 6.61 Å². The number of halogens is 1. The van der Waals surface area contributed by atoms with E-state index in [0.717, 1.165) is 5.56 Å². The Kier molecular flexibility index (Phi) is 7.64. The number of para-hydroxylation sites is 1. The summed E-state index contributed by atoms with van der Waals surface area (Å²) in [5.41, 5.74) is 2.57. The second-order valence-electron chi connectivity index (χ2n) is 7.69. The third-order valence-corrected chi connectivity index (χ3v) is 6.12. The standard InChI is InChI=1S/C27H20ClN3O4S/c1-34-25(32)16-30-23(26(33)31(27(30)36)22-12-10-21(28)11-13-22)14-18-6-4-5-9-24(18)35-17-20-8-3-2-7-19(20)15-29/h2-14H,16-17H2,1H3/b23-14-. The summed E-state index contributed by atoms with van der Waals surface area (Å²) in [7, 11) is 1.27. The van der Waals surface area contributed by atoms with Crippen LogP contribution < -0.4 is 9.64 Å². The number of rotatable bonds is 7. The Morgan fingerprint density at radius 3 is 2.50 bits per heavy atom. The molecule has 1 aliphatic rings. The summed E-state index contributed by atoms with van der Waals surface area (Å²) in [4.78, 5) is 28.4. The number of thiocarbonyl (C=S) groups is 1. The summed E-state index contributed by atoms with van der Waals surface area (Å²) < 4.78 is 10.8. The van der Waals surface area contributed by atoms with Gasteiger partial charge in [0.15, 0.2) is 5.11 Å². The highest BCUT2D eigenvalue weighted by atomic mass is 35.5. The van der Waals surface area contributed by atoms with Crippen LogP contribution in [0.15, 0.2) is 78.5 Å². The average molecular weight is 518 g/mol. The van der Waals surface area contributed by atoms with E-state index >= 15 is 0 Å². The predicted octanol–water partition coefficient (Wildman–Crippen LogP) is 4.94. The number of anilines is 1. The van der Waals surface area contributed by atoms with Crippen molar-refractivity contribution in [1.29, 1.82) is 5.26 Å². The second kappa shape index (κ2) is 11.0. The number of carbonyl (C=O) groups excluding carboxylic acids is 2. The van der Waals surface area contributed by atoms with Gasteiger partial charge in [0, 0.05) is 16.1 Å². The third kappa shape index (κ3) is 5.23. The number of hydrogen-bond donors (Lipinski definition) is 0. The normalized spacial score (nSPS) is 14.2. The molecule has 0 saturated carbocycles. The molecule has 1 heterocycles. The lowest BCUT2D eigenvalue weighted by Gasteiger charge is -2.19. The van der Waals surface area contributed by atoms with E-state index in [1.807, 2.05) is 18.2 Å². The van der Waals surface area contributed by atoms with Crippen molar-refractivity contribution >= 4 is 52.6 Å². The summed E-state index contributed by atoms with van der Waals surface area (Å²) in [6.45, 7) is -0.0748. The van der Waals surface area contributed by atoms with Crippen molar-refractivity contribution in [3.8, 4) is 11.8 Å². The van der Waals surface area contributed by atoms with E-state index in [2.05, 4.69) is 6.07 Å². The van der Waals surface area contributed by atoms with Crippen molar-refractivity contribution < 1.29 is 19.1 Å². The molecule has 1 fully saturated rings. The summed E-state index contributed by atoms with van der Waals surface area (Å²) in [5, 5.41) is 10.0. The molecule has 1 amide bonds. The van der Waals surface area contributed by atoms with Gasteiger partial charge in [-0.1, -0.05) is 48.0 Å². The van der Waals surface area contributed by atoms with Gasteiger partial charge in [0.1, 0.15) is 24.6 Å². The zero-order valence-corrected chi connectivity index (χ0v) is 20.8. The van der Waals surface area contributed by atoms with Crippen molar-refractivity contribution in [2.24, 2.45) is 0 Å². The van der Waals surface area contributed by atoms with Crippen molar-refractivity contribution in [1.82, 2.24) is 4.90 Å². The number of ether oxygens (including phenoxy) is 2. The maximum absolute atomic E-state index is 13.5. The van der Waals surface area contributed by atoms with Gasteiger partial charge < -0.3 is 14.4 Å². The van der Waals surface area contributed by atoms with Gasteiger partial charge in [0.2, 0.25) is 0 Å². The molecule has 0 radical (unpaired) electrons. The molecule has 9 heteroatoms. The minimum absolute atomic E-state index is 0.139. The zero-order chi connectivity index (χ0) is 25.7. The number of hydrogen-bond acceptors (Lipinski definition) is 6. The molecule has 0 N–H and O–H groups in total. The molecule has 4 rings (SSSR count). The fourth-order valence-corrected chi connectivity index (χ4v) is 4.11. The Morgan fingerprint density at radius 1 is 1.08 bits per heavy atom. The first-order chi connectivity index (χ1) is 17.4. The van der Waals surface area contributed by atoms with Gasteiger partial charge in [-0.3, -0.25) is 14.5 Å². The molecule has 3 aromatic rings. The Bertz CT molecular complexity index is 1400. The summed E-state index contributed by atoms with van der Waals surface area (Å²) in [5.74, 6) is -0.457. The van der Waals surface area contributed by atoms with Gasteiger partial charge >= 0.3 is 5.97 Å². The monoisotopic (exact) mass is 517 g/mol. The van der Waals surface area contributed by atoms with Crippen molar-refractivity contribution in [2.75, 3.05) is 18.6 Å². The number of esters is 1. The van der Waals surface area contributed by atoms with Gasteiger partial charge in [-0.25, -0.2) is 0 Å². The lowest BCUT2D eigenvalue weighted by atomic mass is 10.1. The van der Waals surface area contributed by atoms with Crippen LogP contribution in [0.25, 0.3) is 6.08 Å². The topological polar surface area (TPSA) is 82.9 Å². The quantitative estimate of drug-likeness (QED) is 0.249. The minimum atomic E-state index is -0.549. The molecule has 180 valence electrons. The van der Waals surface area contributed by atoms with Crippen molar-refractivity contribution in [3.63, 3.8) is 0 Å². The fraction of sp³-hybridized carbons (Fsp3) is 0.111. The Balaban J connectivity index is 1.70. The average Bonchev–Trinajstić information content (AvgIpc) is 3.12. The van der Waals surface area contributed by atoms with Crippen LogP contribution in [0.3, 0.4) is 0 Å². The number of nitrogens with zero attached hydrogens (tertiary/aromatic N) is 3. The molecule has 1 saturated heterocycles. The Labute approximate surface area is 218 Å². The smallest absolute Gasteiger partial charge is 0.325 e. The van der Waals surface area contributed by atoms with Crippen LogP contribution in [0.5, 0.6) is 5.75 Å². The number of carbonyl (C=O) groups is 2. The second-order valence-corrected chi connectivity index (χ2v) is 8.49. The van der Waals surface area contributed by atoms with Crippen molar-refractivity contribution in [3.05, 3.63) is 100 Å². The number of amides is 1. The molecule has 0 bridgehead atoms. The van der Waals surface area contributed by atoms with E-state index in [0.29, 0.717) is 27.6 Å². The van der Waals surface area contributed by atoms with E-state index in [1.54, 1.807) is 60.7 Å². The van der Waals surface area contributed by atoms with Crippen LogP contribution >= 0.6 is 23.8 Å². The molecular weight excluding hydrogens is 498 g/mol.